The lowest BCUT2D eigenvalue weighted by atomic mass is 10.1. The molecule has 2 amide bonds. The Kier molecular flexibility index (Phi) is 6.41. The SMILES string of the molecule is C=C(C)CNC(=O)CNC(=O)[C@@H](N)C(C)C. The fourth-order valence-electron chi connectivity index (χ4n) is 0.900. The molecule has 16 heavy (non-hydrogen) atoms. The molecule has 0 aromatic rings. The smallest absolute Gasteiger partial charge is 0.239 e. The second kappa shape index (κ2) is 7.00. The first-order chi connectivity index (χ1) is 7.34. The minimum absolute atomic E-state index is 0.0491. The molecule has 1 atom stereocenters. The van der Waals surface area contributed by atoms with E-state index in [2.05, 4.69) is 17.2 Å². The number of carbonyl (C=O) groups excluding carboxylic acids is 2. The zero-order chi connectivity index (χ0) is 12.7. The summed E-state index contributed by atoms with van der Waals surface area (Å²) in [5.74, 6) is -0.494. The number of hydrogen-bond acceptors (Lipinski definition) is 3. The molecule has 0 aliphatic rings. The normalized spacial score (nSPS) is 12.1. The van der Waals surface area contributed by atoms with Crippen molar-refractivity contribution in [3.05, 3.63) is 12.2 Å². The van der Waals surface area contributed by atoms with Crippen molar-refractivity contribution >= 4 is 11.8 Å². The van der Waals surface area contributed by atoms with Gasteiger partial charge >= 0.3 is 0 Å². The van der Waals surface area contributed by atoms with Crippen LogP contribution in [0.2, 0.25) is 0 Å². The summed E-state index contributed by atoms with van der Waals surface area (Å²) in [7, 11) is 0. The lowest BCUT2D eigenvalue weighted by Crippen LogP contribution is -2.47. The van der Waals surface area contributed by atoms with E-state index in [1.165, 1.54) is 0 Å². The van der Waals surface area contributed by atoms with Crippen LogP contribution in [-0.2, 0) is 9.59 Å². The topological polar surface area (TPSA) is 84.2 Å². The molecule has 92 valence electrons. The Morgan fingerprint density at radius 3 is 2.25 bits per heavy atom. The summed E-state index contributed by atoms with van der Waals surface area (Å²) in [5, 5.41) is 5.09. The van der Waals surface area contributed by atoms with E-state index in [4.69, 9.17) is 5.73 Å². The maximum atomic E-state index is 11.4. The lowest BCUT2D eigenvalue weighted by molar-refractivity contribution is -0.127. The van der Waals surface area contributed by atoms with Crippen LogP contribution in [0.4, 0.5) is 0 Å². The molecule has 0 rings (SSSR count). The Balaban J connectivity index is 3.83. The summed E-state index contributed by atoms with van der Waals surface area (Å²) in [5.41, 5.74) is 6.47. The van der Waals surface area contributed by atoms with Crippen molar-refractivity contribution in [2.75, 3.05) is 13.1 Å². The summed E-state index contributed by atoms with van der Waals surface area (Å²) in [6, 6.07) is -0.575. The van der Waals surface area contributed by atoms with Crippen LogP contribution in [0.25, 0.3) is 0 Å². The monoisotopic (exact) mass is 227 g/mol. The molecule has 0 unspecified atom stereocenters. The van der Waals surface area contributed by atoms with E-state index in [9.17, 15) is 9.59 Å². The van der Waals surface area contributed by atoms with Gasteiger partial charge in [0.1, 0.15) is 0 Å². The van der Waals surface area contributed by atoms with E-state index in [0.29, 0.717) is 6.54 Å². The fraction of sp³-hybridized carbons (Fsp3) is 0.636. The molecule has 4 N–H and O–H groups in total. The highest BCUT2D eigenvalue weighted by molar-refractivity contribution is 5.87. The van der Waals surface area contributed by atoms with Gasteiger partial charge in [0.2, 0.25) is 11.8 Å². The van der Waals surface area contributed by atoms with Crippen LogP contribution in [0.5, 0.6) is 0 Å². The fourth-order valence-corrected chi connectivity index (χ4v) is 0.900. The summed E-state index contributed by atoms with van der Waals surface area (Å²) in [6.07, 6.45) is 0. The largest absolute Gasteiger partial charge is 0.351 e. The van der Waals surface area contributed by atoms with Crippen LogP contribution in [0, 0.1) is 5.92 Å². The molecule has 0 spiro atoms. The lowest BCUT2D eigenvalue weighted by Gasteiger charge is -2.15. The Morgan fingerprint density at radius 1 is 1.25 bits per heavy atom. The van der Waals surface area contributed by atoms with E-state index >= 15 is 0 Å². The minimum atomic E-state index is -0.575. The third kappa shape index (κ3) is 6.19. The number of rotatable bonds is 6. The van der Waals surface area contributed by atoms with Crippen LogP contribution < -0.4 is 16.4 Å². The van der Waals surface area contributed by atoms with E-state index in [1.54, 1.807) is 0 Å². The average molecular weight is 227 g/mol. The highest BCUT2D eigenvalue weighted by Crippen LogP contribution is 1.97. The van der Waals surface area contributed by atoms with Gasteiger partial charge in [-0.25, -0.2) is 0 Å². The summed E-state index contributed by atoms with van der Waals surface area (Å²) in [4.78, 5) is 22.6. The van der Waals surface area contributed by atoms with Gasteiger partial charge < -0.3 is 16.4 Å². The second-order valence-electron chi connectivity index (χ2n) is 4.22. The molecule has 0 aliphatic heterocycles. The summed E-state index contributed by atoms with van der Waals surface area (Å²) < 4.78 is 0. The molecule has 5 heteroatoms. The van der Waals surface area contributed by atoms with Gasteiger partial charge in [0, 0.05) is 6.54 Å². The standard InChI is InChI=1S/C11H21N3O2/c1-7(2)5-13-9(15)6-14-11(16)10(12)8(3)4/h8,10H,1,5-6,12H2,2-4H3,(H,13,15)(H,14,16)/t10-/m0/s1. The van der Waals surface area contributed by atoms with Gasteiger partial charge in [0.25, 0.3) is 0 Å². The molecule has 0 heterocycles. The van der Waals surface area contributed by atoms with Crippen molar-refractivity contribution in [3.63, 3.8) is 0 Å². The maximum absolute atomic E-state index is 11.4. The van der Waals surface area contributed by atoms with E-state index in [1.807, 2.05) is 20.8 Å². The van der Waals surface area contributed by atoms with Crippen molar-refractivity contribution in [1.82, 2.24) is 10.6 Å². The van der Waals surface area contributed by atoms with Crippen molar-refractivity contribution in [2.24, 2.45) is 11.7 Å². The Bertz CT molecular complexity index is 274. The summed E-state index contributed by atoms with van der Waals surface area (Å²) in [6.45, 7) is 9.54. The molecule has 0 bridgehead atoms. The second-order valence-corrected chi connectivity index (χ2v) is 4.22. The zero-order valence-corrected chi connectivity index (χ0v) is 10.2. The number of nitrogens with two attached hydrogens (primary N) is 1. The van der Waals surface area contributed by atoms with Crippen molar-refractivity contribution in [1.29, 1.82) is 0 Å². The Morgan fingerprint density at radius 2 is 1.81 bits per heavy atom. The molecule has 0 aromatic carbocycles. The van der Waals surface area contributed by atoms with Crippen LogP contribution in [0.1, 0.15) is 20.8 Å². The predicted molar refractivity (Wildman–Crippen MR) is 63.6 cm³/mol. The highest BCUT2D eigenvalue weighted by atomic mass is 16.2. The molecular weight excluding hydrogens is 206 g/mol. The van der Waals surface area contributed by atoms with Crippen molar-refractivity contribution in [2.45, 2.75) is 26.8 Å². The number of hydrogen-bond donors (Lipinski definition) is 3. The number of carbonyl (C=O) groups is 2. The van der Waals surface area contributed by atoms with Crippen molar-refractivity contribution < 1.29 is 9.59 Å². The first kappa shape index (κ1) is 14.6. The first-order valence-corrected chi connectivity index (χ1v) is 5.29. The third-order valence-electron chi connectivity index (χ3n) is 2.03. The summed E-state index contributed by atoms with van der Waals surface area (Å²) >= 11 is 0. The minimum Gasteiger partial charge on any atom is -0.351 e. The molecule has 0 fully saturated rings. The van der Waals surface area contributed by atoms with Gasteiger partial charge in [-0.15, -0.1) is 0 Å². The van der Waals surface area contributed by atoms with E-state index in [0.717, 1.165) is 5.57 Å². The van der Waals surface area contributed by atoms with E-state index in [-0.39, 0.29) is 24.3 Å². The van der Waals surface area contributed by atoms with Gasteiger partial charge in [0.05, 0.1) is 12.6 Å². The molecular formula is C11H21N3O2. The zero-order valence-electron chi connectivity index (χ0n) is 10.2. The number of amides is 2. The van der Waals surface area contributed by atoms with Crippen LogP contribution >= 0.6 is 0 Å². The van der Waals surface area contributed by atoms with Gasteiger partial charge in [-0.1, -0.05) is 26.0 Å². The van der Waals surface area contributed by atoms with Crippen LogP contribution in [0.3, 0.4) is 0 Å². The molecule has 0 saturated carbocycles. The average Bonchev–Trinajstić information content (AvgIpc) is 2.21. The first-order valence-electron chi connectivity index (χ1n) is 5.29. The Hall–Kier alpha value is -1.36. The van der Waals surface area contributed by atoms with Crippen molar-refractivity contribution in [3.8, 4) is 0 Å². The highest BCUT2D eigenvalue weighted by Gasteiger charge is 2.17. The predicted octanol–water partition coefficient (Wildman–Crippen LogP) is -0.222. The van der Waals surface area contributed by atoms with Gasteiger partial charge in [-0.3, -0.25) is 9.59 Å². The molecule has 5 nitrogen and oxygen atoms in total. The maximum Gasteiger partial charge on any atom is 0.239 e. The van der Waals surface area contributed by atoms with E-state index < -0.39 is 6.04 Å². The molecule has 0 aromatic heterocycles. The van der Waals surface area contributed by atoms with Gasteiger partial charge in [0.15, 0.2) is 0 Å². The quantitative estimate of drug-likeness (QED) is 0.548. The molecule has 0 aliphatic carbocycles. The van der Waals surface area contributed by atoms with Crippen LogP contribution in [0.15, 0.2) is 12.2 Å². The van der Waals surface area contributed by atoms with Gasteiger partial charge in [-0.05, 0) is 12.8 Å². The number of nitrogens with one attached hydrogen (secondary N) is 2. The Labute approximate surface area is 96.5 Å². The molecule has 0 radical (unpaired) electrons. The third-order valence-corrected chi connectivity index (χ3v) is 2.03. The van der Waals surface area contributed by atoms with Crippen LogP contribution in [-0.4, -0.2) is 30.9 Å². The van der Waals surface area contributed by atoms with Gasteiger partial charge in [-0.2, -0.15) is 0 Å². The molecule has 0 saturated heterocycles.